The van der Waals surface area contributed by atoms with Gasteiger partial charge >= 0.3 is 0 Å². The first-order valence-electron chi connectivity index (χ1n) is 28.6. The lowest BCUT2D eigenvalue weighted by Gasteiger charge is -2.41. The van der Waals surface area contributed by atoms with Gasteiger partial charge < -0.3 is 65.4 Å². The number of nitrogens with one attached hydrogen (secondary N) is 6. The Labute approximate surface area is 508 Å². The number of carbonyl (C=O) groups excluding carboxylic acids is 8. The predicted molar refractivity (Wildman–Crippen MR) is 326 cm³/mol. The van der Waals surface area contributed by atoms with Crippen LogP contribution in [-0.2, 0) is 63.7 Å². The number of hydrogen-bond acceptors (Lipinski definition) is 14. The number of likely N-dealkylation sites (N-methyl/N-ethyl adjacent to an activating group) is 2. The molecule has 0 spiro atoms. The van der Waals surface area contributed by atoms with E-state index in [2.05, 4.69) is 63.8 Å². The summed E-state index contributed by atoms with van der Waals surface area (Å²) < 4.78 is 29.0. The predicted octanol–water partition coefficient (Wildman–Crippen LogP) is 4.62. The second kappa shape index (κ2) is 38.1. The van der Waals surface area contributed by atoms with Crippen LogP contribution in [0.1, 0.15) is 90.1 Å². The molecule has 0 radical (unpaired) electrons. The zero-order valence-corrected chi connectivity index (χ0v) is 53.9. The first kappa shape index (κ1) is 72.2. The lowest BCUT2D eigenvalue weighted by Crippen LogP contribution is -2.59. The Morgan fingerprint density at radius 2 is 1.29 bits per heavy atom. The average molecular weight is 1300 g/mol. The summed E-state index contributed by atoms with van der Waals surface area (Å²) in [5.74, 6) is -3.61. The first-order chi connectivity index (χ1) is 39.5. The molecular formula is C59H93Br2N9O13. The highest BCUT2D eigenvalue weighted by Crippen LogP contribution is 2.30. The maximum Gasteiger partial charge on any atom is 0.251 e. The number of anilines is 2. The number of benzene rings is 2. The maximum absolute atomic E-state index is 14.5. The van der Waals surface area contributed by atoms with Crippen LogP contribution < -0.4 is 31.9 Å². The Bertz CT molecular complexity index is 2360. The van der Waals surface area contributed by atoms with Crippen LogP contribution in [-0.4, -0.2) is 210 Å². The highest BCUT2D eigenvalue weighted by atomic mass is 79.9. The van der Waals surface area contributed by atoms with Gasteiger partial charge in [-0.25, -0.2) is 0 Å². The highest BCUT2D eigenvalue weighted by molar-refractivity contribution is 9.09. The third-order valence-electron chi connectivity index (χ3n) is 14.8. The van der Waals surface area contributed by atoms with Gasteiger partial charge in [-0.2, -0.15) is 0 Å². The molecule has 1 aliphatic heterocycles. The average Bonchev–Trinajstić information content (AvgIpc) is 4.14. The van der Waals surface area contributed by atoms with E-state index in [0.717, 1.165) is 5.56 Å². The zero-order chi connectivity index (χ0) is 61.8. The van der Waals surface area contributed by atoms with Crippen molar-refractivity contribution in [2.75, 3.05) is 116 Å². The molecule has 24 heteroatoms. The third kappa shape index (κ3) is 23.4. The minimum Gasteiger partial charge on any atom is -0.379 e. The molecule has 9 atom stereocenters. The largest absolute Gasteiger partial charge is 0.379 e. The Morgan fingerprint density at radius 1 is 0.699 bits per heavy atom. The fourth-order valence-electron chi connectivity index (χ4n) is 10.3. The fraction of sp³-hybridized carbons (Fsp3) is 0.661. The molecule has 466 valence electrons. The molecule has 1 fully saturated rings. The molecule has 1 saturated heterocycles. The van der Waals surface area contributed by atoms with Crippen molar-refractivity contribution in [1.29, 1.82) is 0 Å². The van der Waals surface area contributed by atoms with Gasteiger partial charge in [-0.15, -0.1) is 0 Å². The van der Waals surface area contributed by atoms with Gasteiger partial charge in [0, 0.05) is 52.9 Å². The van der Waals surface area contributed by atoms with Gasteiger partial charge in [-0.3, -0.25) is 43.3 Å². The normalized spacial score (nSPS) is 16.3. The van der Waals surface area contributed by atoms with E-state index in [0.29, 0.717) is 31.5 Å². The van der Waals surface area contributed by atoms with Crippen LogP contribution in [0, 0.1) is 23.7 Å². The van der Waals surface area contributed by atoms with E-state index >= 15 is 0 Å². The van der Waals surface area contributed by atoms with E-state index in [9.17, 15) is 38.4 Å². The van der Waals surface area contributed by atoms with Crippen LogP contribution in [0.5, 0.6) is 0 Å². The smallest absolute Gasteiger partial charge is 0.251 e. The van der Waals surface area contributed by atoms with Gasteiger partial charge in [0.05, 0.1) is 104 Å². The molecule has 0 bridgehead atoms. The monoisotopic (exact) mass is 1290 g/mol. The van der Waals surface area contributed by atoms with Crippen molar-refractivity contribution in [3.8, 4) is 0 Å². The van der Waals surface area contributed by atoms with E-state index in [1.54, 1.807) is 30.9 Å². The number of ether oxygens (including phenoxy) is 5. The van der Waals surface area contributed by atoms with Crippen molar-refractivity contribution in [2.24, 2.45) is 23.7 Å². The van der Waals surface area contributed by atoms with Crippen molar-refractivity contribution in [1.82, 2.24) is 36.0 Å². The Kier molecular flexibility index (Phi) is 33.1. The van der Waals surface area contributed by atoms with Crippen LogP contribution in [0.15, 0.2) is 48.5 Å². The summed E-state index contributed by atoms with van der Waals surface area (Å²) in [5.41, 5.74) is 1.76. The van der Waals surface area contributed by atoms with Crippen molar-refractivity contribution < 1.29 is 62.0 Å². The van der Waals surface area contributed by atoms with E-state index in [-0.39, 0.29) is 135 Å². The number of alkyl halides is 2. The minimum atomic E-state index is -0.937. The molecule has 3 rings (SSSR count). The number of methoxy groups -OCH3 is 2. The summed E-state index contributed by atoms with van der Waals surface area (Å²) >= 11 is 6.18. The number of carbonyl (C=O) groups is 8. The summed E-state index contributed by atoms with van der Waals surface area (Å²) in [6.45, 7) is 15.8. The van der Waals surface area contributed by atoms with Crippen LogP contribution in [0.2, 0.25) is 0 Å². The van der Waals surface area contributed by atoms with E-state index in [1.807, 2.05) is 90.9 Å². The van der Waals surface area contributed by atoms with Gasteiger partial charge in [0.25, 0.3) is 5.91 Å². The van der Waals surface area contributed by atoms with Crippen molar-refractivity contribution in [2.45, 2.75) is 123 Å². The zero-order valence-electron chi connectivity index (χ0n) is 50.7. The number of likely N-dealkylation sites (tertiary alicyclic amines) is 1. The summed E-state index contributed by atoms with van der Waals surface area (Å²) in [6, 6.07) is 10.8. The number of nitrogens with zero attached hydrogens (tertiary/aromatic N) is 3. The van der Waals surface area contributed by atoms with Gasteiger partial charge in [0.15, 0.2) is 0 Å². The van der Waals surface area contributed by atoms with Crippen LogP contribution in [0.25, 0.3) is 0 Å². The topological polar surface area (TPSA) is 265 Å². The Balaban J connectivity index is 1.53. The second-order valence-electron chi connectivity index (χ2n) is 21.7. The first-order valence-corrected chi connectivity index (χ1v) is 30.9. The van der Waals surface area contributed by atoms with Crippen molar-refractivity contribution >= 4 is 90.5 Å². The molecule has 0 saturated carbocycles. The molecule has 2 aromatic carbocycles. The molecule has 2 unspecified atom stereocenters. The standard InChI is InChI=1S/C59H93Br2N9O13/c1-13-39(6)53(69(10)59(78)51(37(2)3)67-58(77)52(38(4)5)68(8)9)47(79-11)34-50(73)70-25-17-20-46(70)54(80-12)40(7)55(74)66-45(32-41-18-15-14-16-19-41)57(76)63-24-27-82-29-31-83-30-28-81-26-23-62-56(75)42-21-22-43(64-48(71)35-60)44(33-42)65-49(72)36-61/h14-16,18-19,21-22,33,37-40,45-47,51-54H,13,17,20,23-32,34-36H2,1-12H3,(H,62,75)(H,63,76)(H,64,71)(H,65,72)(H,66,74)(H,67,77)/t39-,40+,45+,46-,47+,51?,52?,53-,54+/m0/s1. The lowest BCUT2D eigenvalue weighted by molar-refractivity contribution is -0.148. The number of rotatable bonds is 38. The molecule has 1 aliphatic rings. The molecule has 6 N–H and O–H groups in total. The molecule has 22 nitrogen and oxygen atoms in total. The molecule has 83 heavy (non-hydrogen) atoms. The van der Waals surface area contributed by atoms with Crippen LogP contribution >= 0.6 is 31.9 Å². The quantitative estimate of drug-likeness (QED) is 0.0396. The SMILES string of the molecule is CC[C@H](C)[C@@H]([C@@H](CC(=O)N1CCC[C@H]1[C@H](OC)[C@@H](C)C(=O)N[C@H](Cc1ccccc1)C(=O)NCCOCCOCCOCCNC(=O)c1ccc(NC(=O)CBr)c(NC(=O)CBr)c1)OC)N(C)C(=O)C(NC(=O)C(C(C)C)N(C)C)C(C)C. The molecule has 0 aromatic heterocycles. The molecule has 8 amide bonds. The molecular weight excluding hydrogens is 1200 g/mol. The summed E-state index contributed by atoms with van der Waals surface area (Å²) in [6.07, 6.45) is 0.754. The second-order valence-corrected chi connectivity index (χ2v) is 22.9. The maximum atomic E-state index is 14.5. The Morgan fingerprint density at radius 3 is 1.83 bits per heavy atom. The fourth-order valence-corrected chi connectivity index (χ4v) is 10.6. The van der Waals surface area contributed by atoms with E-state index in [1.165, 1.54) is 25.3 Å². The number of halogens is 2. The molecule has 2 aromatic rings. The van der Waals surface area contributed by atoms with E-state index in [4.69, 9.17) is 23.7 Å². The number of hydrogen-bond donors (Lipinski definition) is 6. The Hall–Kier alpha value is -5.08. The minimum absolute atomic E-state index is 0.0121. The third-order valence-corrected chi connectivity index (χ3v) is 15.8. The van der Waals surface area contributed by atoms with E-state index < -0.39 is 66.1 Å². The summed E-state index contributed by atoms with van der Waals surface area (Å²) in [4.78, 5) is 112. The van der Waals surface area contributed by atoms with Gasteiger partial charge in [-0.1, -0.05) is 117 Å². The summed E-state index contributed by atoms with van der Waals surface area (Å²) in [7, 11) is 8.46. The van der Waals surface area contributed by atoms with Crippen molar-refractivity contribution in [3.05, 3.63) is 59.7 Å². The van der Waals surface area contributed by atoms with Gasteiger partial charge in [0.1, 0.15) is 12.1 Å². The van der Waals surface area contributed by atoms with Gasteiger partial charge in [-0.05, 0) is 68.5 Å². The molecule has 1 heterocycles. The van der Waals surface area contributed by atoms with Crippen molar-refractivity contribution in [3.63, 3.8) is 0 Å². The molecule has 0 aliphatic carbocycles. The number of amides is 8. The van der Waals surface area contributed by atoms with Crippen LogP contribution in [0.4, 0.5) is 11.4 Å². The lowest BCUT2D eigenvalue weighted by atomic mass is 9.89. The highest BCUT2D eigenvalue weighted by Gasteiger charge is 2.43. The van der Waals surface area contributed by atoms with Gasteiger partial charge in [0.2, 0.25) is 41.4 Å². The van der Waals surface area contributed by atoms with Crippen LogP contribution in [0.3, 0.4) is 0 Å². The summed E-state index contributed by atoms with van der Waals surface area (Å²) in [5, 5.41) is 17.1.